The lowest BCUT2D eigenvalue weighted by molar-refractivity contribution is -0.198. The first-order chi connectivity index (χ1) is 15.1. The van der Waals surface area contributed by atoms with E-state index in [2.05, 4.69) is 26.1 Å². The van der Waals surface area contributed by atoms with E-state index in [1.807, 2.05) is 0 Å². The van der Waals surface area contributed by atoms with Gasteiger partial charge < -0.3 is 15.4 Å². The van der Waals surface area contributed by atoms with Crippen molar-refractivity contribution in [1.29, 1.82) is 0 Å². The van der Waals surface area contributed by atoms with E-state index in [-0.39, 0.29) is 5.91 Å². The fourth-order valence-corrected chi connectivity index (χ4v) is 3.70. The summed E-state index contributed by atoms with van der Waals surface area (Å²) in [7, 11) is 0. The number of anilines is 1. The Morgan fingerprint density at radius 1 is 1.16 bits per heavy atom. The highest BCUT2D eigenvalue weighted by molar-refractivity contribution is 5.90. The van der Waals surface area contributed by atoms with Crippen molar-refractivity contribution >= 4 is 23.7 Å². The molecular formula is C22H33N5O4. The third-order valence-corrected chi connectivity index (χ3v) is 5.55. The average molecular weight is 432 g/mol. The molecule has 1 saturated heterocycles. The minimum absolute atomic E-state index is 0.0463. The molecule has 9 nitrogen and oxygen atoms in total. The van der Waals surface area contributed by atoms with E-state index in [0.29, 0.717) is 24.0 Å². The Balaban J connectivity index is 1.37. The van der Waals surface area contributed by atoms with Crippen LogP contribution >= 0.6 is 0 Å². The quantitative estimate of drug-likeness (QED) is 0.407. The zero-order chi connectivity index (χ0) is 21.9. The smallest absolute Gasteiger partial charge is 0.267 e. The molecule has 31 heavy (non-hydrogen) atoms. The summed E-state index contributed by atoms with van der Waals surface area (Å²) < 4.78 is 5.38. The van der Waals surface area contributed by atoms with Crippen LogP contribution in [0.5, 0.6) is 0 Å². The average Bonchev–Trinajstić information content (AvgIpc) is 2.82. The first kappa shape index (κ1) is 23.1. The summed E-state index contributed by atoms with van der Waals surface area (Å²) in [5, 5.41) is 6.08. The van der Waals surface area contributed by atoms with Crippen LogP contribution in [0.2, 0.25) is 0 Å². The highest BCUT2D eigenvalue weighted by atomic mass is 16.8. The van der Waals surface area contributed by atoms with Gasteiger partial charge in [0.25, 0.3) is 5.91 Å². The number of aromatic nitrogens is 2. The van der Waals surface area contributed by atoms with Crippen LogP contribution in [0.1, 0.15) is 64.0 Å². The maximum absolute atomic E-state index is 12.3. The van der Waals surface area contributed by atoms with Gasteiger partial charge in [-0.25, -0.2) is 15.3 Å². The molecule has 0 bridgehead atoms. The van der Waals surface area contributed by atoms with Gasteiger partial charge in [0, 0.05) is 25.6 Å². The van der Waals surface area contributed by atoms with E-state index in [9.17, 15) is 9.59 Å². The summed E-state index contributed by atoms with van der Waals surface area (Å²) in [6.45, 7) is 3.18. The summed E-state index contributed by atoms with van der Waals surface area (Å²) >= 11 is 0. The van der Waals surface area contributed by atoms with Crippen molar-refractivity contribution in [3.05, 3.63) is 24.2 Å². The van der Waals surface area contributed by atoms with Gasteiger partial charge in [0.05, 0.1) is 18.1 Å². The molecule has 2 fully saturated rings. The van der Waals surface area contributed by atoms with Crippen LogP contribution in [0.25, 0.3) is 6.08 Å². The molecule has 1 unspecified atom stereocenters. The molecule has 1 aliphatic heterocycles. The van der Waals surface area contributed by atoms with Crippen LogP contribution in [0, 0.1) is 5.92 Å². The molecule has 2 amide bonds. The first-order valence-electron chi connectivity index (χ1n) is 11.2. The van der Waals surface area contributed by atoms with Crippen molar-refractivity contribution in [2.75, 3.05) is 18.5 Å². The summed E-state index contributed by atoms with van der Waals surface area (Å²) in [6, 6.07) is -0.413. The van der Waals surface area contributed by atoms with Crippen LogP contribution in [-0.2, 0) is 19.2 Å². The molecule has 0 spiro atoms. The number of hydrogen-bond acceptors (Lipinski definition) is 7. The van der Waals surface area contributed by atoms with E-state index in [1.165, 1.54) is 56.6 Å². The third kappa shape index (κ3) is 8.26. The van der Waals surface area contributed by atoms with Crippen LogP contribution in [-0.4, -0.2) is 47.3 Å². The fourth-order valence-electron chi connectivity index (χ4n) is 3.70. The number of amides is 2. The third-order valence-electron chi connectivity index (χ3n) is 5.55. The van der Waals surface area contributed by atoms with Gasteiger partial charge in [-0.1, -0.05) is 19.3 Å². The van der Waals surface area contributed by atoms with Gasteiger partial charge >= 0.3 is 0 Å². The van der Waals surface area contributed by atoms with Crippen molar-refractivity contribution in [2.45, 2.75) is 70.6 Å². The van der Waals surface area contributed by atoms with Gasteiger partial charge in [0.1, 0.15) is 11.9 Å². The summed E-state index contributed by atoms with van der Waals surface area (Å²) in [6.07, 6.45) is 14.6. The van der Waals surface area contributed by atoms with Crippen molar-refractivity contribution in [3.8, 4) is 0 Å². The Kier molecular flexibility index (Phi) is 9.23. The molecule has 0 radical (unpaired) electrons. The van der Waals surface area contributed by atoms with Gasteiger partial charge in [0.2, 0.25) is 5.91 Å². The van der Waals surface area contributed by atoms with Crippen molar-refractivity contribution in [2.24, 2.45) is 5.92 Å². The molecule has 3 N–H and O–H groups in total. The first-order valence-corrected chi connectivity index (χ1v) is 11.2. The van der Waals surface area contributed by atoms with Crippen molar-refractivity contribution < 1.29 is 19.2 Å². The largest absolute Gasteiger partial charge is 0.357 e. The van der Waals surface area contributed by atoms with E-state index in [4.69, 9.17) is 9.57 Å². The van der Waals surface area contributed by atoms with E-state index < -0.39 is 18.2 Å². The maximum Gasteiger partial charge on any atom is 0.267 e. The highest BCUT2D eigenvalue weighted by Gasteiger charge is 2.18. The molecule has 9 heteroatoms. The van der Waals surface area contributed by atoms with Gasteiger partial charge in [-0.3, -0.25) is 14.6 Å². The fraction of sp³-hybridized carbons (Fsp3) is 0.636. The zero-order valence-electron chi connectivity index (χ0n) is 18.1. The standard InChI is InChI=1S/C22H33N5O4/c1-16(22(29)25-13-17-7-3-2-4-8-17)26-19-15-23-18(14-24-19)10-11-20(28)27-31-21-9-5-6-12-30-21/h10-11,14-17,21H,2-9,12-13H2,1H3,(H,24,26)(H,25,29)(H,27,28)/b11-10+/t16-,21?/m1/s1. The van der Waals surface area contributed by atoms with Crippen LogP contribution in [0.15, 0.2) is 18.5 Å². The monoisotopic (exact) mass is 431 g/mol. The second-order valence-electron chi connectivity index (χ2n) is 8.16. The molecule has 1 aromatic heterocycles. The molecule has 0 aromatic carbocycles. The second-order valence-corrected chi connectivity index (χ2v) is 8.16. The van der Waals surface area contributed by atoms with Crippen molar-refractivity contribution in [3.63, 3.8) is 0 Å². The zero-order valence-corrected chi connectivity index (χ0v) is 18.1. The number of nitrogens with one attached hydrogen (secondary N) is 3. The number of carbonyl (C=O) groups excluding carboxylic acids is 2. The summed E-state index contributed by atoms with van der Waals surface area (Å²) in [4.78, 5) is 37.9. The summed E-state index contributed by atoms with van der Waals surface area (Å²) in [5.41, 5.74) is 2.87. The predicted molar refractivity (Wildman–Crippen MR) is 117 cm³/mol. The summed E-state index contributed by atoms with van der Waals surface area (Å²) in [5.74, 6) is 0.643. The second kappa shape index (κ2) is 12.4. The van der Waals surface area contributed by atoms with E-state index in [0.717, 1.165) is 25.8 Å². The number of carbonyl (C=O) groups is 2. The highest BCUT2D eigenvalue weighted by Crippen LogP contribution is 2.22. The minimum Gasteiger partial charge on any atom is -0.357 e. The SMILES string of the molecule is C[C@@H](Nc1cnc(/C=C/C(=O)NOC2CCCCO2)cn1)C(=O)NCC1CCCCC1. The van der Waals surface area contributed by atoms with Crippen LogP contribution in [0.4, 0.5) is 5.82 Å². The predicted octanol–water partition coefficient (Wildman–Crippen LogP) is 2.56. The lowest BCUT2D eigenvalue weighted by Gasteiger charge is -2.23. The van der Waals surface area contributed by atoms with E-state index in [1.54, 1.807) is 6.92 Å². The minimum atomic E-state index is -0.413. The maximum atomic E-state index is 12.3. The molecule has 2 heterocycles. The number of hydrogen-bond donors (Lipinski definition) is 3. The Hall–Kier alpha value is -2.52. The van der Waals surface area contributed by atoms with E-state index >= 15 is 0 Å². The van der Waals surface area contributed by atoms with Crippen molar-refractivity contribution in [1.82, 2.24) is 20.8 Å². The molecule has 1 aromatic rings. The molecule has 3 rings (SSSR count). The van der Waals surface area contributed by atoms with Crippen LogP contribution in [0.3, 0.4) is 0 Å². The number of ether oxygens (including phenoxy) is 1. The van der Waals surface area contributed by atoms with Gasteiger partial charge in [-0.05, 0) is 44.6 Å². The Bertz CT molecular complexity index is 728. The van der Waals surface area contributed by atoms with Crippen LogP contribution < -0.4 is 16.1 Å². The van der Waals surface area contributed by atoms with Gasteiger partial charge in [0.15, 0.2) is 6.29 Å². The van der Waals surface area contributed by atoms with Gasteiger partial charge in [-0.15, -0.1) is 0 Å². The molecule has 2 atom stereocenters. The Morgan fingerprint density at radius 2 is 1.97 bits per heavy atom. The normalized spacial score (nSPS) is 20.9. The Labute approximate surface area is 183 Å². The Morgan fingerprint density at radius 3 is 2.68 bits per heavy atom. The lowest BCUT2D eigenvalue weighted by Crippen LogP contribution is -2.40. The molecule has 2 aliphatic rings. The molecular weight excluding hydrogens is 398 g/mol. The molecule has 170 valence electrons. The number of hydroxylamine groups is 1. The molecule has 1 saturated carbocycles. The topological polar surface area (TPSA) is 114 Å². The lowest BCUT2D eigenvalue weighted by atomic mass is 9.89. The number of nitrogens with zero attached hydrogens (tertiary/aromatic N) is 2. The molecule has 1 aliphatic carbocycles. The number of rotatable bonds is 9. The van der Waals surface area contributed by atoms with Gasteiger partial charge in [-0.2, -0.15) is 0 Å².